The first-order valence-electron chi connectivity index (χ1n) is 7.41. The minimum atomic E-state index is -0.0938. The van der Waals surface area contributed by atoms with Crippen molar-refractivity contribution in [2.45, 2.75) is 59.4 Å². The van der Waals surface area contributed by atoms with Crippen molar-refractivity contribution in [3.05, 3.63) is 34.9 Å². The number of nitrogens with one attached hydrogen (secondary N) is 1. The Bertz CT molecular complexity index is 412. The number of carbonyl (C=O) groups is 1. The maximum atomic E-state index is 12.3. The normalized spacial score (nSPS) is 12.4. The molecule has 0 spiro atoms. The van der Waals surface area contributed by atoms with E-state index >= 15 is 0 Å². The topological polar surface area (TPSA) is 29.1 Å². The highest BCUT2D eigenvalue weighted by molar-refractivity contribution is 6.00. The van der Waals surface area contributed by atoms with Crippen LogP contribution in [0.5, 0.6) is 0 Å². The van der Waals surface area contributed by atoms with E-state index in [-0.39, 0.29) is 11.8 Å². The van der Waals surface area contributed by atoms with Gasteiger partial charge in [0, 0.05) is 5.56 Å². The van der Waals surface area contributed by atoms with Crippen LogP contribution in [0.3, 0.4) is 0 Å². The fourth-order valence-corrected chi connectivity index (χ4v) is 2.11. The average Bonchev–Trinajstić information content (AvgIpc) is 2.40. The SMILES string of the molecule is CCCCCCNC(C)C(=O)c1ccc(C)c(C)c1. The second kappa shape index (κ2) is 8.11. The van der Waals surface area contributed by atoms with Gasteiger partial charge < -0.3 is 5.32 Å². The Kier molecular flexibility index (Phi) is 6.79. The standard InChI is InChI=1S/C17H27NO/c1-5-6-7-8-11-18-15(4)17(19)16-10-9-13(2)14(3)12-16/h9-10,12,15,18H,5-8,11H2,1-4H3. The lowest BCUT2D eigenvalue weighted by Crippen LogP contribution is -2.34. The smallest absolute Gasteiger partial charge is 0.179 e. The maximum Gasteiger partial charge on any atom is 0.179 e. The second-order valence-electron chi connectivity index (χ2n) is 5.40. The van der Waals surface area contributed by atoms with Crippen molar-refractivity contribution in [3.8, 4) is 0 Å². The van der Waals surface area contributed by atoms with Crippen molar-refractivity contribution in [1.29, 1.82) is 0 Å². The molecule has 0 fully saturated rings. The Balaban J connectivity index is 2.45. The van der Waals surface area contributed by atoms with E-state index in [1.807, 2.05) is 25.1 Å². The predicted molar refractivity (Wildman–Crippen MR) is 81.9 cm³/mol. The van der Waals surface area contributed by atoms with Crippen LogP contribution < -0.4 is 5.32 Å². The molecule has 1 atom stereocenters. The number of hydrogen-bond acceptors (Lipinski definition) is 2. The van der Waals surface area contributed by atoms with Gasteiger partial charge in [-0.05, 0) is 50.9 Å². The van der Waals surface area contributed by atoms with E-state index in [0.29, 0.717) is 0 Å². The Morgan fingerprint density at radius 2 is 1.89 bits per heavy atom. The average molecular weight is 261 g/mol. The van der Waals surface area contributed by atoms with Crippen LogP contribution in [-0.4, -0.2) is 18.4 Å². The molecule has 0 aliphatic rings. The highest BCUT2D eigenvalue weighted by atomic mass is 16.1. The number of rotatable bonds is 8. The summed E-state index contributed by atoms with van der Waals surface area (Å²) in [7, 11) is 0. The van der Waals surface area contributed by atoms with Crippen molar-refractivity contribution in [1.82, 2.24) is 5.32 Å². The van der Waals surface area contributed by atoms with Crippen LogP contribution in [-0.2, 0) is 0 Å². The summed E-state index contributed by atoms with van der Waals surface area (Å²) < 4.78 is 0. The van der Waals surface area contributed by atoms with E-state index in [1.165, 1.54) is 30.4 Å². The number of benzene rings is 1. The number of unbranched alkanes of at least 4 members (excludes halogenated alkanes) is 3. The summed E-state index contributed by atoms with van der Waals surface area (Å²) in [5, 5.41) is 3.32. The van der Waals surface area contributed by atoms with E-state index in [1.54, 1.807) is 0 Å². The van der Waals surface area contributed by atoms with Crippen molar-refractivity contribution >= 4 is 5.78 Å². The molecule has 0 aromatic heterocycles. The third-order valence-corrected chi connectivity index (χ3v) is 3.67. The lowest BCUT2D eigenvalue weighted by Gasteiger charge is -2.13. The van der Waals surface area contributed by atoms with Gasteiger partial charge in [0.2, 0.25) is 0 Å². The van der Waals surface area contributed by atoms with Crippen molar-refractivity contribution in [2.24, 2.45) is 0 Å². The molecule has 1 rings (SSSR count). The Morgan fingerprint density at radius 1 is 1.16 bits per heavy atom. The quantitative estimate of drug-likeness (QED) is 0.565. The molecule has 0 saturated carbocycles. The van der Waals surface area contributed by atoms with Gasteiger partial charge in [-0.15, -0.1) is 0 Å². The molecule has 1 aromatic rings. The van der Waals surface area contributed by atoms with Gasteiger partial charge in [0.05, 0.1) is 6.04 Å². The van der Waals surface area contributed by atoms with Crippen LogP contribution in [0.25, 0.3) is 0 Å². The number of aryl methyl sites for hydroxylation is 2. The molecule has 0 aliphatic heterocycles. The van der Waals surface area contributed by atoms with Gasteiger partial charge in [-0.25, -0.2) is 0 Å². The van der Waals surface area contributed by atoms with Crippen molar-refractivity contribution in [2.75, 3.05) is 6.54 Å². The van der Waals surface area contributed by atoms with E-state index in [0.717, 1.165) is 18.5 Å². The molecule has 0 amide bonds. The number of Topliss-reactive ketones (excluding diaryl/α,β-unsaturated/α-hetero) is 1. The molecule has 0 bridgehead atoms. The Labute approximate surface area is 117 Å². The summed E-state index contributed by atoms with van der Waals surface area (Å²) in [4.78, 5) is 12.3. The molecule has 2 heteroatoms. The maximum absolute atomic E-state index is 12.3. The second-order valence-corrected chi connectivity index (χ2v) is 5.40. The van der Waals surface area contributed by atoms with Gasteiger partial charge in [-0.3, -0.25) is 4.79 Å². The van der Waals surface area contributed by atoms with Gasteiger partial charge in [0.1, 0.15) is 0 Å². The van der Waals surface area contributed by atoms with Gasteiger partial charge in [-0.1, -0.05) is 38.3 Å². The van der Waals surface area contributed by atoms with Gasteiger partial charge in [0.25, 0.3) is 0 Å². The molecular formula is C17H27NO. The number of hydrogen-bond donors (Lipinski definition) is 1. The molecule has 1 aromatic carbocycles. The minimum absolute atomic E-state index is 0.0938. The zero-order valence-corrected chi connectivity index (χ0v) is 12.8. The van der Waals surface area contributed by atoms with Gasteiger partial charge in [0.15, 0.2) is 5.78 Å². The molecule has 0 radical (unpaired) electrons. The van der Waals surface area contributed by atoms with E-state index < -0.39 is 0 Å². The van der Waals surface area contributed by atoms with Gasteiger partial charge in [-0.2, -0.15) is 0 Å². The third-order valence-electron chi connectivity index (χ3n) is 3.67. The van der Waals surface area contributed by atoms with Crippen molar-refractivity contribution in [3.63, 3.8) is 0 Å². The van der Waals surface area contributed by atoms with Gasteiger partial charge >= 0.3 is 0 Å². The summed E-state index contributed by atoms with van der Waals surface area (Å²) in [6, 6.07) is 5.85. The Hall–Kier alpha value is -1.15. The van der Waals surface area contributed by atoms with Crippen LogP contribution in [0.2, 0.25) is 0 Å². The lowest BCUT2D eigenvalue weighted by molar-refractivity contribution is 0.0951. The van der Waals surface area contributed by atoms with E-state index in [2.05, 4.69) is 26.1 Å². The Morgan fingerprint density at radius 3 is 2.53 bits per heavy atom. The van der Waals surface area contributed by atoms with Crippen LogP contribution >= 0.6 is 0 Å². The third kappa shape index (κ3) is 5.15. The largest absolute Gasteiger partial charge is 0.307 e. The predicted octanol–water partition coefficient (Wildman–Crippen LogP) is 4.04. The first-order chi connectivity index (χ1) is 9.06. The summed E-state index contributed by atoms with van der Waals surface area (Å²) in [5.41, 5.74) is 3.23. The van der Waals surface area contributed by atoms with Crippen LogP contribution in [0.4, 0.5) is 0 Å². The summed E-state index contributed by atoms with van der Waals surface area (Å²) in [6.45, 7) is 9.21. The fraction of sp³-hybridized carbons (Fsp3) is 0.588. The molecule has 106 valence electrons. The molecule has 1 unspecified atom stereocenters. The zero-order valence-electron chi connectivity index (χ0n) is 12.8. The molecule has 1 N–H and O–H groups in total. The summed E-state index contributed by atoms with van der Waals surface area (Å²) >= 11 is 0. The monoisotopic (exact) mass is 261 g/mol. The molecule has 2 nitrogen and oxygen atoms in total. The van der Waals surface area contributed by atoms with E-state index in [9.17, 15) is 4.79 Å². The summed E-state index contributed by atoms with van der Waals surface area (Å²) in [6.07, 6.45) is 4.92. The molecule has 19 heavy (non-hydrogen) atoms. The van der Waals surface area contributed by atoms with Crippen LogP contribution in [0.15, 0.2) is 18.2 Å². The van der Waals surface area contributed by atoms with Crippen molar-refractivity contribution < 1.29 is 4.79 Å². The molecule has 0 saturated heterocycles. The highest BCUT2D eigenvalue weighted by Gasteiger charge is 2.14. The lowest BCUT2D eigenvalue weighted by atomic mass is 10.0. The molecule has 0 aliphatic carbocycles. The molecular weight excluding hydrogens is 234 g/mol. The fourth-order valence-electron chi connectivity index (χ4n) is 2.11. The highest BCUT2D eigenvalue weighted by Crippen LogP contribution is 2.11. The number of carbonyl (C=O) groups excluding carboxylic acids is 1. The minimum Gasteiger partial charge on any atom is -0.307 e. The van der Waals surface area contributed by atoms with Crippen LogP contribution in [0.1, 0.15) is 61.0 Å². The zero-order chi connectivity index (χ0) is 14.3. The first kappa shape index (κ1) is 15.9. The summed E-state index contributed by atoms with van der Waals surface area (Å²) in [5.74, 6) is 0.193. The number of ketones is 1. The van der Waals surface area contributed by atoms with Crippen LogP contribution in [0, 0.1) is 13.8 Å². The first-order valence-corrected chi connectivity index (χ1v) is 7.41. The van der Waals surface area contributed by atoms with E-state index in [4.69, 9.17) is 0 Å². The molecule has 0 heterocycles.